The van der Waals surface area contributed by atoms with E-state index in [-0.39, 0.29) is 6.04 Å². The Morgan fingerprint density at radius 3 is 2.89 bits per heavy atom. The Balaban J connectivity index is 2.19. The Hall–Kier alpha value is -1.33. The quantitative estimate of drug-likeness (QED) is 0.942. The van der Waals surface area contributed by atoms with Crippen LogP contribution in [0.25, 0.3) is 0 Å². The predicted molar refractivity (Wildman–Crippen MR) is 74.2 cm³/mol. The lowest BCUT2D eigenvalue weighted by Gasteiger charge is -2.15. The second kappa shape index (κ2) is 6.02. The molecule has 2 heterocycles. The Morgan fingerprint density at radius 1 is 1.39 bits per heavy atom. The van der Waals surface area contributed by atoms with Gasteiger partial charge in [0.05, 0.1) is 11.7 Å². The number of hydrogen-bond acceptors (Lipinski definition) is 4. The van der Waals surface area contributed by atoms with E-state index in [2.05, 4.69) is 42.3 Å². The molecule has 0 aliphatic carbocycles. The van der Waals surface area contributed by atoms with E-state index in [1.54, 1.807) is 12.4 Å². The monoisotopic (exact) mass is 306 g/mol. The molecule has 2 aromatic rings. The van der Waals surface area contributed by atoms with E-state index in [9.17, 15) is 0 Å². The molecule has 0 aliphatic heterocycles. The molecule has 5 heteroatoms. The highest BCUT2D eigenvalue weighted by atomic mass is 79.9. The molecular formula is C13H15BrN4. The molecule has 0 fully saturated rings. The van der Waals surface area contributed by atoms with Gasteiger partial charge in [-0.05, 0) is 54.0 Å². The Kier molecular flexibility index (Phi) is 4.38. The maximum Gasteiger partial charge on any atom is 0.125 e. The van der Waals surface area contributed by atoms with Gasteiger partial charge in [0.2, 0.25) is 0 Å². The average molecular weight is 307 g/mol. The molecule has 4 nitrogen and oxygen atoms in total. The summed E-state index contributed by atoms with van der Waals surface area (Å²) < 4.78 is 0.994. The standard InChI is InChI=1S/C13H15BrN4/c1-9-17-4-3-12(18-9)13(15-2)6-10-5-11(14)8-16-7-10/h3-5,7-8,13,15H,6H2,1-2H3. The van der Waals surface area contributed by atoms with Gasteiger partial charge in [-0.2, -0.15) is 0 Å². The van der Waals surface area contributed by atoms with Gasteiger partial charge in [0.15, 0.2) is 0 Å². The molecule has 0 spiro atoms. The molecule has 2 aromatic heterocycles. The number of nitrogens with zero attached hydrogens (tertiary/aromatic N) is 3. The van der Waals surface area contributed by atoms with Gasteiger partial charge in [-0.15, -0.1) is 0 Å². The number of aryl methyl sites for hydroxylation is 1. The lowest BCUT2D eigenvalue weighted by molar-refractivity contribution is 0.571. The molecular weight excluding hydrogens is 292 g/mol. The highest BCUT2D eigenvalue weighted by Gasteiger charge is 2.12. The zero-order valence-corrected chi connectivity index (χ0v) is 12.0. The van der Waals surface area contributed by atoms with Gasteiger partial charge in [-0.3, -0.25) is 4.98 Å². The van der Waals surface area contributed by atoms with E-state index in [1.165, 1.54) is 5.56 Å². The van der Waals surface area contributed by atoms with Gasteiger partial charge in [0.25, 0.3) is 0 Å². The second-order valence-corrected chi connectivity index (χ2v) is 5.00. The summed E-state index contributed by atoms with van der Waals surface area (Å²) in [5, 5.41) is 3.28. The van der Waals surface area contributed by atoms with E-state index in [4.69, 9.17) is 0 Å². The third-order valence-electron chi connectivity index (χ3n) is 2.70. The first kappa shape index (κ1) is 13.1. The molecule has 0 bridgehead atoms. The van der Waals surface area contributed by atoms with Gasteiger partial charge in [0, 0.05) is 23.1 Å². The summed E-state index contributed by atoms with van der Waals surface area (Å²) in [6.07, 6.45) is 6.30. The highest BCUT2D eigenvalue weighted by Crippen LogP contribution is 2.18. The van der Waals surface area contributed by atoms with Crippen LogP contribution in [-0.2, 0) is 6.42 Å². The van der Waals surface area contributed by atoms with Crippen molar-refractivity contribution in [2.75, 3.05) is 7.05 Å². The van der Waals surface area contributed by atoms with Crippen LogP contribution < -0.4 is 5.32 Å². The number of rotatable bonds is 4. The summed E-state index contributed by atoms with van der Waals surface area (Å²) in [7, 11) is 1.94. The fourth-order valence-corrected chi connectivity index (χ4v) is 2.24. The van der Waals surface area contributed by atoms with Crippen LogP contribution in [0.15, 0.2) is 35.2 Å². The van der Waals surface area contributed by atoms with Crippen LogP contribution in [0.5, 0.6) is 0 Å². The number of halogens is 1. The summed E-state index contributed by atoms with van der Waals surface area (Å²) in [5.41, 5.74) is 2.17. The lowest BCUT2D eigenvalue weighted by atomic mass is 10.0. The topological polar surface area (TPSA) is 50.7 Å². The molecule has 0 saturated carbocycles. The van der Waals surface area contributed by atoms with Crippen LogP contribution in [0.3, 0.4) is 0 Å². The molecule has 0 aromatic carbocycles. The minimum Gasteiger partial charge on any atom is -0.311 e. The van der Waals surface area contributed by atoms with Crippen molar-refractivity contribution in [3.8, 4) is 0 Å². The van der Waals surface area contributed by atoms with E-state index in [0.717, 1.165) is 22.4 Å². The SMILES string of the molecule is CNC(Cc1cncc(Br)c1)c1ccnc(C)n1. The first-order chi connectivity index (χ1) is 8.69. The molecule has 0 radical (unpaired) electrons. The van der Waals surface area contributed by atoms with E-state index in [1.807, 2.05) is 26.2 Å². The number of hydrogen-bond donors (Lipinski definition) is 1. The molecule has 94 valence electrons. The van der Waals surface area contributed by atoms with Crippen LogP contribution in [0.1, 0.15) is 23.1 Å². The first-order valence-corrected chi connectivity index (χ1v) is 6.54. The van der Waals surface area contributed by atoms with Crippen molar-refractivity contribution < 1.29 is 0 Å². The van der Waals surface area contributed by atoms with E-state index in [0.29, 0.717) is 0 Å². The maximum absolute atomic E-state index is 4.46. The minimum atomic E-state index is 0.169. The zero-order valence-electron chi connectivity index (χ0n) is 10.4. The highest BCUT2D eigenvalue weighted by molar-refractivity contribution is 9.10. The van der Waals surface area contributed by atoms with Crippen LogP contribution in [0, 0.1) is 6.92 Å². The zero-order chi connectivity index (χ0) is 13.0. The molecule has 0 aliphatic rings. The van der Waals surface area contributed by atoms with Crippen molar-refractivity contribution in [3.63, 3.8) is 0 Å². The molecule has 1 unspecified atom stereocenters. The van der Waals surface area contributed by atoms with Crippen LogP contribution in [0.4, 0.5) is 0 Å². The molecule has 1 atom stereocenters. The molecule has 2 rings (SSSR count). The third kappa shape index (κ3) is 3.34. The second-order valence-electron chi connectivity index (χ2n) is 4.09. The molecule has 18 heavy (non-hydrogen) atoms. The number of aromatic nitrogens is 3. The van der Waals surface area contributed by atoms with Gasteiger partial charge in [-0.1, -0.05) is 0 Å². The maximum atomic E-state index is 4.46. The molecule has 0 amide bonds. The number of nitrogens with one attached hydrogen (secondary N) is 1. The Bertz CT molecular complexity index is 530. The van der Waals surface area contributed by atoms with Crippen LogP contribution >= 0.6 is 15.9 Å². The van der Waals surface area contributed by atoms with Gasteiger partial charge >= 0.3 is 0 Å². The minimum absolute atomic E-state index is 0.169. The van der Waals surface area contributed by atoms with E-state index < -0.39 is 0 Å². The smallest absolute Gasteiger partial charge is 0.125 e. The lowest BCUT2D eigenvalue weighted by Crippen LogP contribution is -2.20. The molecule has 0 saturated heterocycles. The fourth-order valence-electron chi connectivity index (χ4n) is 1.83. The summed E-state index contributed by atoms with van der Waals surface area (Å²) in [5.74, 6) is 0.792. The van der Waals surface area contributed by atoms with Crippen molar-refractivity contribution >= 4 is 15.9 Å². The van der Waals surface area contributed by atoms with Crippen LogP contribution in [-0.4, -0.2) is 22.0 Å². The van der Waals surface area contributed by atoms with Crippen LogP contribution in [0.2, 0.25) is 0 Å². The largest absolute Gasteiger partial charge is 0.311 e. The fraction of sp³-hybridized carbons (Fsp3) is 0.308. The van der Waals surface area contributed by atoms with Crippen molar-refractivity contribution in [3.05, 3.63) is 52.3 Å². The van der Waals surface area contributed by atoms with Gasteiger partial charge < -0.3 is 5.32 Å². The summed E-state index contributed by atoms with van der Waals surface area (Å²) >= 11 is 3.43. The van der Waals surface area contributed by atoms with Crippen molar-refractivity contribution in [2.45, 2.75) is 19.4 Å². The van der Waals surface area contributed by atoms with Gasteiger partial charge in [-0.25, -0.2) is 9.97 Å². The normalized spacial score (nSPS) is 12.4. The number of pyridine rings is 1. The third-order valence-corrected chi connectivity index (χ3v) is 3.14. The first-order valence-electron chi connectivity index (χ1n) is 5.75. The Labute approximate surface area is 115 Å². The summed E-state index contributed by atoms with van der Waals surface area (Å²) in [6, 6.07) is 4.19. The average Bonchev–Trinajstić information content (AvgIpc) is 2.36. The van der Waals surface area contributed by atoms with E-state index >= 15 is 0 Å². The summed E-state index contributed by atoms with van der Waals surface area (Å²) in [6.45, 7) is 1.90. The number of likely N-dealkylation sites (N-methyl/N-ethyl adjacent to an activating group) is 1. The van der Waals surface area contributed by atoms with Crippen molar-refractivity contribution in [1.29, 1.82) is 0 Å². The summed E-state index contributed by atoms with van der Waals surface area (Å²) in [4.78, 5) is 12.8. The van der Waals surface area contributed by atoms with Crippen molar-refractivity contribution in [2.24, 2.45) is 0 Å². The molecule has 1 N–H and O–H groups in total. The Morgan fingerprint density at radius 2 is 2.22 bits per heavy atom. The van der Waals surface area contributed by atoms with Gasteiger partial charge in [0.1, 0.15) is 5.82 Å². The van der Waals surface area contributed by atoms with Crippen molar-refractivity contribution in [1.82, 2.24) is 20.3 Å². The predicted octanol–water partition coefficient (Wildman–Crippen LogP) is 2.45.